The number of para-hydroxylation sites is 3. The molecule has 0 aliphatic heterocycles. The van der Waals surface area contributed by atoms with Gasteiger partial charge in [-0.25, -0.2) is 0 Å². The highest BCUT2D eigenvalue weighted by molar-refractivity contribution is 7.20. The highest BCUT2D eigenvalue weighted by atomic mass is 28.3. The van der Waals surface area contributed by atoms with Crippen molar-refractivity contribution in [3.63, 3.8) is 0 Å². The number of benzene rings is 11. The van der Waals surface area contributed by atoms with Crippen LogP contribution in [0, 0.1) is 0 Å². The average molecular weight is 896 g/mol. The second kappa shape index (κ2) is 16.8. The van der Waals surface area contributed by atoms with E-state index in [1.165, 1.54) is 53.8 Å². The van der Waals surface area contributed by atoms with Gasteiger partial charge in [-0.1, -0.05) is 249 Å². The summed E-state index contributed by atoms with van der Waals surface area (Å²) in [5.74, 6) is 0. The molecule has 0 N–H and O–H groups in total. The molecule has 2 nitrogen and oxygen atoms in total. The lowest BCUT2D eigenvalue weighted by Crippen LogP contribution is -2.74. The van der Waals surface area contributed by atoms with Gasteiger partial charge < -0.3 is 8.98 Å². The lowest BCUT2D eigenvalue weighted by atomic mass is 9.95. The van der Waals surface area contributed by atoms with Crippen LogP contribution in [0.4, 0.5) is 0 Å². The third-order valence-corrected chi connectivity index (χ3v) is 18.9. The van der Waals surface area contributed by atoms with Crippen LogP contribution in [0.5, 0.6) is 0 Å². The van der Waals surface area contributed by atoms with Crippen molar-refractivity contribution in [2.24, 2.45) is 0 Å². The van der Waals surface area contributed by atoms with Crippen molar-refractivity contribution in [3.8, 4) is 50.2 Å². The van der Waals surface area contributed by atoms with Gasteiger partial charge in [0.15, 0.2) is 8.07 Å². The van der Waals surface area contributed by atoms with Crippen LogP contribution in [0.15, 0.2) is 277 Å². The minimum absolute atomic E-state index is 0.901. The van der Waals surface area contributed by atoms with Gasteiger partial charge in [0.05, 0.1) is 16.7 Å². The Morgan fingerprint density at radius 1 is 0.275 bits per heavy atom. The number of furan rings is 1. The van der Waals surface area contributed by atoms with Crippen LogP contribution < -0.4 is 20.7 Å². The van der Waals surface area contributed by atoms with Crippen LogP contribution >= 0.6 is 0 Å². The van der Waals surface area contributed by atoms with Gasteiger partial charge >= 0.3 is 0 Å². The quantitative estimate of drug-likeness (QED) is 0.104. The number of aromatic nitrogens is 1. The van der Waals surface area contributed by atoms with E-state index in [0.717, 1.165) is 60.9 Å². The molecule has 11 aromatic carbocycles. The first kappa shape index (κ1) is 40.5. The first-order valence-electron chi connectivity index (χ1n) is 23.7. The highest BCUT2D eigenvalue weighted by Crippen LogP contribution is 2.43. The van der Waals surface area contributed by atoms with E-state index < -0.39 is 8.07 Å². The molecule has 13 rings (SSSR count). The number of hydrogen-bond acceptors (Lipinski definition) is 1. The summed E-state index contributed by atoms with van der Waals surface area (Å²) < 4.78 is 9.14. The van der Waals surface area contributed by atoms with Crippen LogP contribution in [-0.2, 0) is 0 Å². The SMILES string of the molecule is c1ccc(-c2cccc([Si](c3ccccc3)(c3ccccc3)c3cc(-c4ccccc4)c(-n4c5ccccc5c5cc(-c6cccc7c6oc6ccccc67)ccc54)c(-c4ccccc4)c3)c2)cc1. The largest absolute Gasteiger partial charge is 0.455 e. The van der Waals surface area contributed by atoms with Gasteiger partial charge in [-0.2, -0.15) is 0 Å². The third-order valence-electron chi connectivity index (χ3n) is 14.1. The fraction of sp³-hybridized carbons (Fsp3) is 0. The van der Waals surface area contributed by atoms with Gasteiger partial charge in [0.2, 0.25) is 0 Å². The van der Waals surface area contributed by atoms with Crippen molar-refractivity contribution in [1.29, 1.82) is 0 Å². The van der Waals surface area contributed by atoms with E-state index in [-0.39, 0.29) is 0 Å². The van der Waals surface area contributed by atoms with Crippen LogP contribution in [0.1, 0.15) is 0 Å². The molecule has 0 aliphatic rings. The highest BCUT2D eigenvalue weighted by Gasteiger charge is 2.43. The molecular formula is C66H45NOSi. The summed E-state index contributed by atoms with van der Waals surface area (Å²) in [4.78, 5) is 0. The van der Waals surface area contributed by atoms with Gasteiger partial charge in [0.25, 0.3) is 0 Å². The molecule has 69 heavy (non-hydrogen) atoms. The van der Waals surface area contributed by atoms with Gasteiger partial charge in [0, 0.05) is 38.2 Å². The normalized spacial score (nSPS) is 11.8. The summed E-state index contributed by atoms with van der Waals surface area (Å²) in [6.45, 7) is 0. The van der Waals surface area contributed by atoms with E-state index in [9.17, 15) is 0 Å². The van der Waals surface area contributed by atoms with Gasteiger partial charge in [0.1, 0.15) is 11.2 Å². The molecule has 2 heterocycles. The molecule has 0 bridgehead atoms. The molecule has 0 spiro atoms. The summed E-state index contributed by atoms with van der Waals surface area (Å²) in [6.07, 6.45) is 0. The van der Waals surface area contributed by atoms with Gasteiger partial charge in [-0.3, -0.25) is 0 Å². The van der Waals surface area contributed by atoms with Crippen LogP contribution in [0.2, 0.25) is 0 Å². The Labute approximate surface area is 402 Å². The summed E-state index contributed by atoms with van der Waals surface area (Å²) in [5.41, 5.74) is 14.5. The fourth-order valence-electron chi connectivity index (χ4n) is 11.1. The van der Waals surface area contributed by atoms with E-state index in [1.807, 2.05) is 6.07 Å². The monoisotopic (exact) mass is 895 g/mol. The van der Waals surface area contributed by atoms with Crippen LogP contribution in [0.25, 0.3) is 93.9 Å². The third kappa shape index (κ3) is 6.70. The van der Waals surface area contributed by atoms with Crippen molar-refractivity contribution in [1.82, 2.24) is 4.57 Å². The van der Waals surface area contributed by atoms with Crippen molar-refractivity contribution in [2.75, 3.05) is 0 Å². The Bertz CT molecular complexity index is 3890. The summed E-state index contributed by atoms with van der Waals surface area (Å²) in [6, 6.07) is 101. The molecule has 0 radical (unpaired) electrons. The van der Waals surface area contributed by atoms with E-state index in [0.29, 0.717) is 0 Å². The molecule has 2 aromatic heterocycles. The lowest BCUT2D eigenvalue weighted by Gasteiger charge is -2.36. The number of rotatable bonds is 9. The molecule has 0 atom stereocenters. The smallest absolute Gasteiger partial charge is 0.179 e. The minimum Gasteiger partial charge on any atom is -0.455 e. The Kier molecular flexibility index (Phi) is 9.88. The molecule has 13 aromatic rings. The summed E-state index contributed by atoms with van der Waals surface area (Å²) in [5, 5.41) is 9.95. The van der Waals surface area contributed by atoms with Crippen LogP contribution in [0.3, 0.4) is 0 Å². The lowest BCUT2D eigenvalue weighted by molar-refractivity contribution is 0.670. The number of hydrogen-bond donors (Lipinski definition) is 0. The summed E-state index contributed by atoms with van der Waals surface area (Å²) >= 11 is 0. The van der Waals surface area contributed by atoms with Crippen molar-refractivity contribution in [3.05, 3.63) is 273 Å². The van der Waals surface area contributed by atoms with Crippen molar-refractivity contribution in [2.45, 2.75) is 0 Å². The zero-order chi connectivity index (χ0) is 45.7. The molecule has 324 valence electrons. The average Bonchev–Trinajstić information content (AvgIpc) is 3.98. The zero-order valence-corrected chi connectivity index (χ0v) is 38.8. The maximum absolute atomic E-state index is 6.60. The second-order valence-electron chi connectivity index (χ2n) is 17.9. The predicted molar refractivity (Wildman–Crippen MR) is 293 cm³/mol. The maximum atomic E-state index is 6.60. The molecule has 0 unspecified atom stereocenters. The first-order chi connectivity index (χ1) is 34.2. The van der Waals surface area contributed by atoms with Crippen molar-refractivity contribution >= 4 is 72.6 Å². The number of fused-ring (bicyclic) bond motifs is 6. The second-order valence-corrected chi connectivity index (χ2v) is 21.8. The van der Waals surface area contributed by atoms with Gasteiger partial charge in [-0.15, -0.1) is 0 Å². The van der Waals surface area contributed by atoms with E-state index in [2.05, 4.69) is 271 Å². The molecule has 0 amide bonds. The standard InChI is InChI=1S/C66H45NOSi/c1-6-22-46(23-7-1)49-28-20-33-53(42-49)69(51-29-12-4-13-30-51,52-31-14-5-15-32-52)54-44-59(47-24-8-2-9-25-47)65(60(45-54)48-26-10-3-11-27-48)67-62-38-18-16-34-56(62)61-43-50(40-41-63(61)67)55-36-21-37-58-57-35-17-19-39-64(57)68-66(55)58/h1-45H. The van der Waals surface area contributed by atoms with Crippen molar-refractivity contribution < 1.29 is 4.42 Å². The van der Waals surface area contributed by atoms with E-state index in [1.54, 1.807) is 0 Å². The van der Waals surface area contributed by atoms with E-state index >= 15 is 0 Å². The number of nitrogens with zero attached hydrogens (tertiary/aromatic N) is 1. The van der Waals surface area contributed by atoms with Crippen LogP contribution in [-0.4, -0.2) is 12.6 Å². The minimum atomic E-state index is -3.11. The Morgan fingerprint density at radius 2 is 0.768 bits per heavy atom. The van der Waals surface area contributed by atoms with E-state index in [4.69, 9.17) is 4.42 Å². The molecule has 0 fully saturated rings. The maximum Gasteiger partial charge on any atom is 0.179 e. The summed E-state index contributed by atoms with van der Waals surface area (Å²) in [7, 11) is -3.11. The molecule has 0 saturated heterocycles. The molecule has 0 aliphatic carbocycles. The van der Waals surface area contributed by atoms with Gasteiger partial charge in [-0.05, 0) is 72.8 Å². The fourth-order valence-corrected chi connectivity index (χ4v) is 15.9. The predicted octanol–water partition coefficient (Wildman–Crippen LogP) is 14.7. The Balaban J connectivity index is 1.14. The first-order valence-corrected chi connectivity index (χ1v) is 25.7. The molecule has 3 heteroatoms. The zero-order valence-electron chi connectivity index (χ0n) is 37.8. The molecule has 0 saturated carbocycles. The Morgan fingerprint density at radius 3 is 1.42 bits per heavy atom. The molecular weight excluding hydrogens is 851 g/mol. The topological polar surface area (TPSA) is 18.1 Å². The Hall–Kier alpha value is -8.76.